The van der Waals surface area contributed by atoms with Crippen LogP contribution in [0.5, 0.6) is 0 Å². The molecule has 2 fully saturated rings. The third-order valence-electron chi connectivity index (χ3n) is 8.78. The van der Waals surface area contributed by atoms with Crippen LogP contribution >= 0.6 is 0 Å². The zero-order valence-electron chi connectivity index (χ0n) is 22.7. The van der Waals surface area contributed by atoms with Crippen molar-refractivity contribution in [3.63, 3.8) is 0 Å². The summed E-state index contributed by atoms with van der Waals surface area (Å²) in [6.45, 7) is 8.63. The number of rotatable bonds is 6. The van der Waals surface area contributed by atoms with Gasteiger partial charge in [0.1, 0.15) is 5.82 Å². The molecule has 1 aliphatic carbocycles. The highest BCUT2D eigenvalue weighted by molar-refractivity contribution is 5.87. The largest absolute Gasteiger partial charge is 0.343 e. The summed E-state index contributed by atoms with van der Waals surface area (Å²) < 4.78 is 16.2. The minimum atomic E-state index is -0.256. The van der Waals surface area contributed by atoms with E-state index in [0.29, 0.717) is 12.5 Å². The standard InChI is InChI=1S/C34H37FN2O/c1-33(2)18-27-19-34(3,22-33)23-37(27)32(38)17-29(25-13-15-26(35)16-14-25)30-21-36(20-24-9-5-4-6-10-24)31-12-8-7-11-28(30)31/h4-16,21,27,29H,17-20,22-23H2,1-3H3. The van der Waals surface area contributed by atoms with E-state index in [4.69, 9.17) is 0 Å². The van der Waals surface area contributed by atoms with Gasteiger partial charge in [-0.3, -0.25) is 4.79 Å². The van der Waals surface area contributed by atoms with E-state index in [9.17, 15) is 9.18 Å². The van der Waals surface area contributed by atoms with Gasteiger partial charge in [0, 0.05) is 48.6 Å². The van der Waals surface area contributed by atoms with E-state index >= 15 is 0 Å². The highest BCUT2D eigenvalue weighted by Crippen LogP contribution is 2.53. The molecule has 0 radical (unpaired) electrons. The Labute approximate surface area is 225 Å². The smallest absolute Gasteiger partial charge is 0.223 e. The van der Waals surface area contributed by atoms with Crippen LogP contribution in [0.1, 0.15) is 69.1 Å². The first kappa shape index (κ1) is 24.9. The number of hydrogen-bond acceptors (Lipinski definition) is 1. The summed E-state index contributed by atoms with van der Waals surface area (Å²) in [6, 6.07) is 25.9. The van der Waals surface area contributed by atoms with Crippen molar-refractivity contribution in [3.8, 4) is 0 Å². The van der Waals surface area contributed by atoms with Crippen LogP contribution in [0, 0.1) is 16.6 Å². The van der Waals surface area contributed by atoms with Gasteiger partial charge in [-0.2, -0.15) is 0 Å². The molecule has 2 aliphatic rings. The van der Waals surface area contributed by atoms with Crippen molar-refractivity contribution < 1.29 is 9.18 Å². The first-order valence-electron chi connectivity index (χ1n) is 13.9. The predicted molar refractivity (Wildman–Crippen MR) is 152 cm³/mol. The highest BCUT2D eigenvalue weighted by atomic mass is 19.1. The molecule has 1 saturated heterocycles. The number of likely N-dealkylation sites (tertiary alicyclic amines) is 1. The van der Waals surface area contributed by atoms with Crippen LogP contribution in [0.3, 0.4) is 0 Å². The summed E-state index contributed by atoms with van der Waals surface area (Å²) in [5.41, 5.74) is 4.94. The Hall–Kier alpha value is -3.40. The lowest BCUT2D eigenvalue weighted by atomic mass is 9.65. The Morgan fingerprint density at radius 3 is 2.42 bits per heavy atom. The van der Waals surface area contributed by atoms with E-state index in [-0.39, 0.29) is 28.5 Å². The van der Waals surface area contributed by atoms with Gasteiger partial charge in [-0.1, -0.05) is 81.4 Å². The SMILES string of the molecule is CC1(C)CC2CC(C)(CN2C(=O)CC(c2ccc(F)cc2)c2cn(Cc3ccccc3)c3ccccc23)C1. The molecule has 1 saturated carbocycles. The Bertz CT molecular complexity index is 1460. The second-order valence-electron chi connectivity index (χ2n) is 12.8. The maximum absolute atomic E-state index is 14.0. The third-order valence-corrected chi connectivity index (χ3v) is 8.78. The van der Waals surface area contributed by atoms with E-state index in [0.717, 1.165) is 54.4 Å². The van der Waals surface area contributed by atoms with Crippen LogP contribution < -0.4 is 0 Å². The van der Waals surface area contributed by atoms with Gasteiger partial charge < -0.3 is 9.47 Å². The van der Waals surface area contributed by atoms with E-state index in [2.05, 4.69) is 85.0 Å². The molecule has 0 N–H and O–H groups in total. The molecule has 0 spiro atoms. The number of para-hydroxylation sites is 1. The van der Waals surface area contributed by atoms with Crippen LogP contribution in [0.2, 0.25) is 0 Å². The van der Waals surface area contributed by atoms with Gasteiger partial charge in [0.2, 0.25) is 5.91 Å². The van der Waals surface area contributed by atoms with Gasteiger partial charge in [0.25, 0.3) is 0 Å². The van der Waals surface area contributed by atoms with Crippen LogP contribution in [0.25, 0.3) is 10.9 Å². The zero-order chi connectivity index (χ0) is 26.5. The third kappa shape index (κ3) is 4.77. The fourth-order valence-corrected chi connectivity index (χ4v) is 7.61. The summed E-state index contributed by atoms with van der Waals surface area (Å²) in [5.74, 6) is -0.189. The van der Waals surface area contributed by atoms with E-state index < -0.39 is 0 Å². The second kappa shape index (κ2) is 9.41. The van der Waals surface area contributed by atoms with Gasteiger partial charge in [-0.05, 0) is 65.0 Å². The normalized spacial score (nSPS) is 23.1. The number of hydrogen-bond donors (Lipinski definition) is 0. The summed E-state index contributed by atoms with van der Waals surface area (Å²) in [7, 11) is 0. The van der Waals surface area contributed by atoms with Crippen LogP contribution in [-0.4, -0.2) is 28.0 Å². The van der Waals surface area contributed by atoms with E-state index in [1.165, 1.54) is 17.7 Å². The number of fused-ring (bicyclic) bond motifs is 3. The number of nitrogens with zero attached hydrogens (tertiary/aromatic N) is 2. The summed E-state index contributed by atoms with van der Waals surface area (Å²) in [5, 5.41) is 1.15. The average molecular weight is 509 g/mol. The molecule has 4 aromatic rings. The fourth-order valence-electron chi connectivity index (χ4n) is 7.61. The molecular formula is C34H37FN2O. The minimum Gasteiger partial charge on any atom is -0.343 e. The molecule has 1 aliphatic heterocycles. The number of carbonyl (C=O) groups is 1. The molecule has 1 aromatic heterocycles. The van der Waals surface area contributed by atoms with Gasteiger partial charge >= 0.3 is 0 Å². The van der Waals surface area contributed by atoms with Crippen molar-refractivity contribution in [1.29, 1.82) is 0 Å². The van der Waals surface area contributed by atoms with Crippen molar-refractivity contribution in [1.82, 2.24) is 9.47 Å². The summed E-state index contributed by atoms with van der Waals surface area (Å²) in [4.78, 5) is 16.2. The van der Waals surface area contributed by atoms with Gasteiger partial charge in [-0.15, -0.1) is 0 Å². The monoisotopic (exact) mass is 508 g/mol. The highest BCUT2D eigenvalue weighted by Gasteiger charge is 2.51. The van der Waals surface area contributed by atoms with Gasteiger partial charge in [0.05, 0.1) is 0 Å². The molecule has 3 aromatic carbocycles. The number of aromatic nitrogens is 1. The lowest BCUT2D eigenvalue weighted by molar-refractivity contribution is -0.132. The molecule has 3 nitrogen and oxygen atoms in total. The molecule has 3 atom stereocenters. The number of halogens is 1. The van der Waals surface area contributed by atoms with Gasteiger partial charge in [-0.25, -0.2) is 4.39 Å². The van der Waals surface area contributed by atoms with Crippen molar-refractivity contribution >= 4 is 16.8 Å². The molecule has 2 bridgehead atoms. The molecule has 1 amide bonds. The Morgan fingerprint density at radius 2 is 1.66 bits per heavy atom. The van der Waals surface area contributed by atoms with Crippen molar-refractivity contribution in [3.05, 3.63) is 108 Å². The number of carbonyl (C=O) groups excluding carboxylic acids is 1. The Balaban J connectivity index is 1.38. The van der Waals surface area contributed by atoms with Crippen LogP contribution in [0.15, 0.2) is 85.1 Å². The summed E-state index contributed by atoms with van der Waals surface area (Å²) >= 11 is 0. The van der Waals surface area contributed by atoms with Crippen molar-refractivity contribution in [2.75, 3.05) is 6.54 Å². The molecule has 38 heavy (non-hydrogen) atoms. The number of benzene rings is 3. The molecule has 4 heteroatoms. The zero-order valence-corrected chi connectivity index (χ0v) is 22.7. The quantitative estimate of drug-likeness (QED) is 0.261. The molecular weight excluding hydrogens is 471 g/mol. The molecule has 2 heterocycles. The van der Waals surface area contributed by atoms with Crippen LogP contribution in [-0.2, 0) is 11.3 Å². The van der Waals surface area contributed by atoms with Gasteiger partial charge in [0.15, 0.2) is 0 Å². The lowest BCUT2D eigenvalue weighted by Crippen LogP contribution is -2.38. The number of amides is 1. The Morgan fingerprint density at radius 1 is 0.947 bits per heavy atom. The molecule has 196 valence electrons. The molecule has 6 rings (SSSR count). The topological polar surface area (TPSA) is 25.2 Å². The first-order chi connectivity index (χ1) is 18.2. The lowest BCUT2D eigenvalue weighted by Gasteiger charge is -2.39. The van der Waals surface area contributed by atoms with Crippen LogP contribution in [0.4, 0.5) is 4.39 Å². The van der Waals surface area contributed by atoms with Crippen molar-refractivity contribution in [2.45, 2.75) is 65.0 Å². The minimum absolute atomic E-state index is 0.147. The molecule has 3 unspecified atom stereocenters. The van der Waals surface area contributed by atoms with E-state index in [1.807, 2.05) is 18.2 Å². The maximum Gasteiger partial charge on any atom is 0.223 e. The Kier molecular flexibility index (Phi) is 6.17. The second-order valence-corrected chi connectivity index (χ2v) is 12.8. The first-order valence-corrected chi connectivity index (χ1v) is 13.9. The summed E-state index contributed by atoms with van der Waals surface area (Å²) in [6.07, 6.45) is 5.92. The predicted octanol–water partition coefficient (Wildman–Crippen LogP) is 7.78. The van der Waals surface area contributed by atoms with Crippen molar-refractivity contribution in [2.24, 2.45) is 10.8 Å². The van der Waals surface area contributed by atoms with E-state index in [1.54, 1.807) is 0 Å². The average Bonchev–Trinajstić information content (AvgIpc) is 3.36. The maximum atomic E-state index is 14.0. The fraction of sp³-hybridized carbons (Fsp3) is 0.382.